The second kappa shape index (κ2) is 32.1. The molecule has 5 aromatic carbocycles. The molecule has 0 aromatic heterocycles. The molecule has 15 bridgehead atoms. The molecule has 21 N–H and O–H groups in total. The molecule has 6 fully saturated rings. The number of carbonyl (C=O) groups excluding carboxylic acids is 8. The Kier molecular flexibility index (Phi) is 23.1. The fourth-order valence-electron chi connectivity index (χ4n) is 16.9. The minimum absolute atomic E-state index is 0.0745. The van der Waals surface area contributed by atoms with E-state index in [2.05, 4.69) is 42.5 Å². The molecular weight excluding hydrogens is 1490 g/mol. The fraction of sp³-hybridized carbons (Fsp3) is 0.500. The van der Waals surface area contributed by atoms with Crippen LogP contribution in [0.1, 0.15) is 137 Å². The van der Waals surface area contributed by atoms with Crippen molar-refractivity contribution in [2.75, 3.05) is 13.7 Å². The molecule has 7 aliphatic heterocycles. The van der Waals surface area contributed by atoms with E-state index in [0.717, 1.165) is 86.7 Å². The van der Waals surface area contributed by atoms with Crippen molar-refractivity contribution in [1.29, 1.82) is 0 Å². The lowest BCUT2D eigenvalue weighted by Gasteiger charge is -2.54. The van der Waals surface area contributed by atoms with E-state index in [1.54, 1.807) is 0 Å². The number of primary amides is 1. The number of ether oxygens (including phenoxy) is 6. The molecule has 0 spiro atoms. The number of fused-ring (bicyclic) bond motifs is 15. The second-order valence-electron chi connectivity index (χ2n) is 30.8. The van der Waals surface area contributed by atoms with Gasteiger partial charge in [0.05, 0.1) is 41.3 Å². The lowest BCUT2D eigenvalue weighted by molar-refractivity contribution is -0.333. The Morgan fingerprint density at radius 1 is 0.676 bits per heavy atom. The van der Waals surface area contributed by atoms with Crippen molar-refractivity contribution >= 4 is 70.5 Å². The van der Waals surface area contributed by atoms with E-state index < -0.39 is 210 Å². The van der Waals surface area contributed by atoms with Crippen molar-refractivity contribution in [2.24, 2.45) is 41.1 Å². The number of benzene rings is 5. The summed E-state index contributed by atoms with van der Waals surface area (Å²) >= 11 is 14.3. The maximum Gasteiger partial charge on any atom is 0.248 e. The Labute approximate surface area is 645 Å². The monoisotopic (exact) mass is 1580 g/mol. The van der Waals surface area contributed by atoms with E-state index >= 15 is 24.0 Å². The van der Waals surface area contributed by atoms with Crippen molar-refractivity contribution < 1.29 is 113 Å². The van der Waals surface area contributed by atoms with Crippen LogP contribution in [0, 0.1) is 29.6 Å². The average Bonchev–Trinajstić information content (AvgIpc) is 0.756. The first-order valence-electron chi connectivity index (χ1n) is 36.7. The number of nitrogens with two attached hydrogens (primary N) is 2. The number of phenolic OH excluding ortho intramolecular Hbond substituents is 3. The predicted molar refractivity (Wildman–Crippen MR) is 391 cm³/mol. The van der Waals surface area contributed by atoms with Crippen LogP contribution in [0.2, 0.25) is 10.0 Å². The summed E-state index contributed by atoms with van der Waals surface area (Å²) in [6, 6.07) is 0.574. The number of carbonyl (C=O) groups is 8. The third kappa shape index (κ3) is 16.4. The van der Waals surface area contributed by atoms with Gasteiger partial charge in [0.25, 0.3) is 0 Å². The topological polar surface area (TPSA) is 522 Å². The van der Waals surface area contributed by atoms with Crippen molar-refractivity contribution in [3.8, 4) is 57.1 Å². The van der Waals surface area contributed by atoms with Crippen molar-refractivity contribution in [2.45, 2.75) is 194 Å². The Morgan fingerprint density at radius 2 is 1.28 bits per heavy atom. The van der Waals surface area contributed by atoms with Crippen LogP contribution < -0.4 is 68.2 Å². The molecule has 111 heavy (non-hydrogen) atoms. The lowest BCUT2D eigenvalue weighted by Crippen LogP contribution is -2.64. The number of phenols is 3. The molecule has 0 radical (unpaired) electrons. The summed E-state index contributed by atoms with van der Waals surface area (Å²) in [5, 5.41) is 126. The van der Waals surface area contributed by atoms with Crippen LogP contribution in [0.15, 0.2) is 78.9 Å². The Bertz CT molecular complexity index is 4450. The van der Waals surface area contributed by atoms with E-state index in [-0.39, 0.29) is 91.6 Å². The molecule has 18 atom stereocenters. The summed E-state index contributed by atoms with van der Waals surface area (Å²) in [6.45, 7) is 5.73. The van der Waals surface area contributed by atoms with Gasteiger partial charge in [0.2, 0.25) is 59.3 Å². The highest BCUT2D eigenvalue weighted by Gasteiger charge is 2.53. The number of aromatic hydroxyl groups is 3. The van der Waals surface area contributed by atoms with Gasteiger partial charge in [-0.25, -0.2) is 0 Å². The molecule has 16 rings (SSSR count). The lowest BCUT2D eigenvalue weighted by atomic mass is 9.54. The van der Waals surface area contributed by atoms with Gasteiger partial charge < -0.3 is 128 Å². The molecular formula is C76H90Cl2N10O23. The van der Waals surface area contributed by atoms with Gasteiger partial charge in [0.15, 0.2) is 23.9 Å². The third-order valence-electron chi connectivity index (χ3n) is 22.3. The first-order valence-corrected chi connectivity index (χ1v) is 37.4. The van der Waals surface area contributed by atoms with Gasteiger partial charge in [0.1, 0.15) is 95.5 Å². The number of hydrogen-bond acceptors (Lipinski definition) is 25. The third-order valence-corrected chi connectivity index (χ3v) is 22.9. The van der Waals surface area contributed by atoms with E-state index in [1.807, 2.05) is 13.8 Å². The molecule has 35 heteroatoms. The number of aliphatic hydroxyl groups excluding tert-OH is 6. The highest BCUT2D eigenvalue weighted by molar-refractivity contribution is 6.32. The zero-order valence-corrected chi connectivity index (χ0v) is 62.3. The Balaban J connectivity index is 1.01. The molecule has 5 aromatic rings. The van der Waals surface area contributed by atoms with Gasteiger partial charge >= 0.3 is 0 Å². The average molecular weight is 1580 g/mol. The van der Waals surface area contributed by atoms with E-state index in [4.69, 9.17) is 63.1 Å². The number of amides is 8. The molecule has 2 saturated heterocycles. The molecule has 8 amide bonds. The van der Waals surface area contributed by atoms with E-state index in [1.165, 1.54) is 45.2 Å². The number of rotatable bonds is 14. The quantitative estimate of drug-likeness (QED) is 0.0755. The molecule has 11 aliphatic rings. The van der Waals surface area contributed by atoms with Crippen LogP contribution in [0.5, 0.6) is 46.0 Å². The van der Waals surface area contributed by atoms with Gasteiger partial charge in [-0.2, -0.15) is 0 Å². The summed E-state index contributed by atoms with van der Waals surface area (Å²) in [5.41, 5.74) is 8.92. The molecule has 7 heterocycles. The van der Waals surface area contributed by atoms with Crippen LogP contribution in [0.3, 0.4) is 0 Å². The zero-order chi connectivity index (χ0) is 79.7. The maximum absolute atomic E-state index is 16.3. The smallest absolute Gasteiger partial charge is 0.248 e. The molecule has 596 valence electrons. The first-order chi connectivity index (χ1) is 52.6. The number of halogens is 2. The first kappa shape index (κ1) is 79.9. The Hall–Kier alpha value is -9.20. The summed E-state index contributed by atoms with van der Waals surface area (Å²) < 4.78 is 38.7. The van der Waals surface area contributed by atoms with Crippen LogP contribution in [0.25, 0.3) is 11.1 Å². The van der Waals surface area contributed by atoms with Crippen LogP contribution >= 0.6 is 23.2 Å². The predicted octanol–water partition coefficient (Wildman–Crippen LogP) is 1.96. The molecule has 4 saturated carbocycles. The van der Waals surface area contributed by atoms with Crippen LogP contribution in [-0.2, 0) is 52.6 Å². The number of hydrogen-bond donors (Lipinski definition) is 19. The molecule has 33 nitrogen and oxygen atoms in total. The SMILES string of the molecule is CN[C@H](CC(C)C)C(=O)N[C@H]1C(=O)N[C@@H](CC(N)=O)C(=O)N[C@H]2C(=O)N[C@H]3C(=O)N[C@H](C(=O)N[C@H](C(=O)NC4C5CC6CC(C5)CC4C6)c4cc(O)cc(O)c4-c4cc3ccc4O)[C@H](O)c3ccc(c(Cl)c3)Oc3cc2cc(c3OC2OC(CO)C(O)C(O)C2OC2CC(C)(N)C(O)C(C)O2)Oc2ccc(cc2Cl)[C@H]1O. The van der Waals surface area contributed by atoms with Crippen molar-refractivity contribution in [3.63, 3.8) is 0 Å². The summed E-state index contributed by atoms with van der Waals surface area (Å²) in [7, 11) is 1.49. The molecule has 4 aliphatic carbocycles. The Morgan fingerprint density at radius 3 is 1.87 bits per heavy atom. The zero-order valence-electron chi connectivity index (χ0n) is 60.8. The van der Waals surface area contributed by atoms with E-state index in [9.17, 15) is 60.3 Å². The van der Waals surface area contributed by atoms with Crippen LogP contribution in [0.4, 0.5) is 0 Å². The van der Waals surface area contributed by atoms with Gasteiger partial charge in [-0.3, -0.25) is 38.4 Å². The summed E-state index contributed by atoms with van der Waals surface area (Å²) in [4.78, 5) is 121. The summed E-state index contributed by atoms with van der Waals surface area (Å²) in [5.74, 6) is -13.0. The normalized spacial score (nSPS) is 32.8. The maximum atomic E-state index is 16.3. The summed E-state index contributed by atoms with van der Waals surface area (Å²) in [6.07, 6.45) is -13.9. The largest absolute Gasteiger partial charge is 0.508 e. The van der Waals surface area contributed by atoms with Crippen molar-refractivity contribution in [1.82, 2.24) is 42.5 Å². The van der Waals surface area contributed by atoms with Crippen LogP contribution in [-0.4, -0.2) is 192 Å². The fourth-order valence-corrected chi connectivity index (χ4v) is 17.4. The van der Waals surface area contributed by atoms with Gasteiger partial charge in [-0.15, -0.1) is 0 Å². The minimum atomic E-state index is -2.32. The van der Waals surface area contributed by atoms with Gasteiger partial charge in [-0.05, 0) is 171 Å². The minimum Gasteiger partial charge on any atom is -0.508 e. The number of aliphatic hydroxyl groups is 6. The van der Waals surface area contributed by atoms with Gasteiger partial charge in [-0.1, -0.05) is 55.2 Å². The highest BCUT2D eigenvalue weighted by atomic mass is 35.5. The number of nitrogens with one attached hydrogen (secondary N) is 8. The van der Waals surface area contributed by atoms with Gasteiger partial charge in [0, 0.05) is 35.2 Å². The standard InChI is InChI=1S/C76H90Cl2N10O23/c1-28(2)12-43(81-5)68(99)87-59-61(94)33-7-10-47(41(77)19-33)107-49-21-37-22-50(65(49)111-75-66(64(97)63(96)51(27-89)109-75)110-53-26-76(4,80)67(98)29(3)106-53)108-48-11-8-34(20-42(48)78)62(95)60-74(105)86-58(72(103)83-55-35-14-30-13-31(16-35)17-36(55)15-30)40-23-38(90)24-46(92)54(40)39-18-32(6-9-45(39)91)56(70(101)88-60)85-71(102)57(37)84-69(100)44(25-52(79)93)82-73(59)104/h6-11,18-24,28-31,35-36,43-44,51,53,55-64,66-67,75,81,89-92,94-98H,12-17,25-27,80H2,1-5H3,(H2,79,93)(H,82,104)(H,83,103)(H,84,100)(H,85,102)(H,86,105)(H,87,99)(H,88,101)/t29?,30?,31?,35?,36?,43-,44+,51?,53?,55?,56-,57-,58+,59-,60+,61-,62-,63?,64?,66?,67?,75?,76?/m1/s1. The highest BCUT2D eigenvalue weighted by Crippen LogP contribution is 2.55. The van der Waals surface area contributed by atoms with E-state index in [0.29, 0.717) is 11.8 Å². The second-order valence-corrected chi connectivity index (χ2v) is 31.7. The number of likely N-dealkylation sites (N-methyl/N-ethyl adjacent to an activating group) is 1. The van der Waals surface area contributed by atoms with Crippen molar-refractivity contribution in [3.05, 3.63) is 117 Å². The molecule has 9 unspecified atom stereocenters.